The third kappa shape index (κ3) is 4.51. The van der Waals surface area contributed by atoms with E-state index in [4.69, 9.17) is 16.7 Å². The van der Waals surface area contributed by atoms with Gasteiger partial charge in [0.05, 0.1) is 0 Å². The van der Waals surface area contributed by atoms with Crippen LogP contribution in [0.4, 0.5) is 0 Å². The summed E-state index contributed by atoms with van der Waals surface area (Å²) in [6.07, 6.45) is 1.75. The van der Waals surface area contributed by atoms with Crippen LogP contribution in [0.3, 0.4) is 0 Å². The van der Waals surface area contributed by atoms with Gasteiger partial charge in [-0.05, 0) is 30.5 Å². The standard InChI is InChI=1S/C14H18ClNO2/c1-10(9-17)8-16-14(18)11(2)7-12-5-3-4-6-13(12)15/h3-7,10,17H,8-9H2,1-2H3,(H,16,18)/b11-7+. The summed E-state index contributed by atoms with van der Waals surface area (Å²) in [5, 5.41) is 12.3. The van der Waals surface area contributed by atoms with Crippen molar-refractivity contribution in [2.75, 3.05) is 13.2 Å². The lowest BCUT2D eigenvalue weighted by molar-refractivity contribution is -0.117. The Morgan fingerprint density at radius 3 is 2.78 bits per heavy atom. The molecule has 98 valence electrons. The van der Waals surface area contributed by atoms with Crippen molar-refractivity contribution >= 4 is 23.6 Å². The number of rotatable bonds is 5. The van der Waals surface area contributed by atoms with Crippen LogP contribution in [0.25, 0.3) is 6.08 Å². The molecule has 18 heavy (non-hydrogen) atoms. The minimum absolute atomic E-state index is 0.0575. The smallest absolute Gasteiger partial charge is 0.246 e. The van der Waals surface area contributed by atoms with E-state index >= 15 is 0 Å². The van der Waals surface area contributed by atoms with Crippen LogP contribution in [0, 0.1) is 5.92 Å². The molecule has 1 amide bonds. The molecule has 0 saturated heterocycles. The number of halogens is 1. The van der Waals surface area contributed by atoms with Crippen LogP contribution in [0.1, 0.15) is 19.4 Å². The minimum Gasteiger partial charge on any atom is -0.396 e. The van der Waals surface area contributed by atoms with Crippen LogP contribution in [0.5, 0.6) is 0 Å². The van der Waals surface area contributed by atoms with Crippen molar-refractivity contribution in [2.45, 2.75) is 13.8 Å². The summed E-state index contributed by atoms with van der Waals surface area (Å²) in [6.45, 7) is 4.13. The maximum Gasteiger partial charge on any atom is 0.246 e. The Bertz CT molecular complexity index is 443. The van der Waals surface area contributed by atoms with Crippen molar-refractivity contribution in [2.24, 2.45) is 5.92 Å². The molecular formula is C14H18ClNO2. The van der Waals surface area contributed by atoms with Gasteiger partial charge in [0.25, 0.3) is 0 Å². The summed E-state index contributed by atoms with van der Waals surface area (Å²) in [5.41, 5.74) is 1.41. The van der Waals surface area contributed by atoms with E-state index in [2.05, 4.69) is 5.32 Å². The fourth-order valence-corrected chi connectivity index (χ4v) is 1.55. The summed E-state index contributed by atoms with van der Waals surface area (Å²) >= 11 is 6.01. The number of benzene rings is 1. The maximum atomic E-state index is 11.8. The van der Waals surface area contributed by atoms with E-state index in [9.17, 15) is 4.79 Å². The lowest BCUT2D eigenvalue weighted by Gasteiger charge is -2.10. The first-order valence-corrected chi connectivity index (χ1v) is 6.24. The fraction of sp³-hybridized carbons (Fsp3) is 0.357. The van der Waals surface area contributed by atoms with Crippen LogP contribution in [-0.2, 0) is 4.79 Å². The summed E-state index contributed by atoms with van der Waals surface area (Å²) in [6, 6.07) is 7.36. The second kappa shape index (κ2) is 7.19. The van der Waals surface area contributed by atoms with E-state index in [1.54, 1.807) is 19.1 Å². The summed E-state index contributed by atoms with van der Waals surface area (Å²) in [4.78, 5) is 11.8. The van der Waals surface area contributed by atoms with E-state index < -0.39 is 0 Å². The summed E-state index contributed by atoms with van der Waals surface area (Å²) < 4.78 is 0. The van der Waals surface area contributed by atoms with Gasteiger partial charge in [-0.1, -0.05) is 36.7 Å². The zero-order valence-corrected chi connectivity index (χ0v) is 11.4. The largest absolute Gasteiger partial charge is 0.396 e. The Morgan fingerprint density at radius 2 is 2.17 bits per heavy atom. The van der Waals surface area contributed by atoms with Crippen LogP contribution in [0.2, 0.25) is 5.02 Å². The molecule has 0 fully saturated rings. The molecule has 0 aliphatic rings. The molecule has 2 N–H and O–H groups in total. The molecule has 1 rings (SSSR count). The highest BCUT2D eigenvalue weighted by Gasteiger charge is 2.07. The molecule has 0 saturated carbocycles. The molecule has 0 spiro atoms. The van der Waals surface area contributed by atoms with Gasteiger partial charge in [0, 0.05) is 23.7 Å². The average molecular weight is 268 g/mol. The van der Waals surface area contributed by atoms with E-state index in [1.807, 2.05) is 25.1 Å². The second-order valence-electron chi connectivity index (χ2n) is 4.35. The zero-order valence-electron chi connectivity index (χ0n) is 10.6. The Morgan fingerprint density at radius 1 is 1.50 bits per heavy atom. The molecule has 0 radical (unpaired) electrons. The van der Waals surface area contributed by atoms with Gasteiger partial charge >= 0.3 is 0 Å². The highest BCUT2D eigenvalue weighted by Crippen LogP contribution is 2.18. The first kappa shape index (κ1) is 14.7. The van der Waals surface area contributed by atoms with Gasteiger partial charge in [0.15, 0.2) is 0 Å². The number of hydrogen-bond acceptors (Lipinski definition) is 2. The molecule has 1 aromatic rings. The molecule has 0 heterocycles. The van der Waals surface area contributed by atoms with E-state index in [1.165, 1.54) is 0 Å². The Hall–Kier alpha value is -1.32. The molecule has 0 aliphatic carbocycles. The number of carbonyl (C=O) groups is 1. The molecule has 3 nitrogen and oxygen atoms in total. The number of amides is 1. The third-order valence-corrected chi connectivity index (χ3v) is 2.90. The van der Waals surface area contributed by atoms with Gasteiger partial charge in [0.1, 0.15) is 0 Å². The fourth-order valence-electron chi connectivity index (χ4n) is 1.36. The van der Waals surface area contributed by atoms with Crippen molar-refractivity contribution in [3.63, 3.8) is 0 Å². The molecular weight excluding hydrogens is 250 g/mol. The van der Waals surface area contributed by atoms with E-state index in [0.29, 0.717) is 17.1 Å². The SMILES string of the molecule is C/C(=C\c1ccccc1Cl)C(=O)NCC(C)CO. The Labute approximate surface area is 112 Å². The van der Waals surface area contributed by atoms with Gasteiger partial charge < -0.3 is 10.4 Å². The molecule has 1 unspecified atom stereocenters. The van der Waals surface area contributed by atoms with Crippen LogP contribution in [-0.4, -0.2) is 24.2 Å². The third-order valence-electron chi connectivity index (χ3n) is 2.56. The Kier molecular flexibility index (Phi) is 5.89. The Balaban J connectivity index is 2.66. The molecule has 0 bridgehead atoms. The summed E-state index contributed by atoms with van der Waals surface area (Å²) in [5.74, 6) is -0.0858. The number of nitrogens with one attached hydrogen (secondary N) is 1. The van der Waals surface area contributed by atoms with Crippen molar-refractivity contribution in [1.29, 1.82) is 0 Å². The van der Waals surface area contributed by atoms with Crippen LogP contribution < -0.4 is 5.32 Å². The monoisotopic (exact) mass is 267 g/mol. The minimum atomic E-state index is -0.143. The van der Waals surface area contributed by atoms with Gasteiger partial charge in [-0.25, -0.2) is 0 Å². The zero-order chi connectivity index (χ0) is 13.5. The second-order valence-corrected chi connectivity index (χ2v) is 4.75. The quantitative estimate of drug-likeness (QED) is 0.806. The molecule has 4 heteroatoms. The number of aliphatic hydroxyl groups excluding tert-OH is 1. The van der Waals surface area contributed by atoms with E-state index in [-0.39, 0.29) is 18.4 Å². The van der Waals surface area contributed by atoms with Crippen molar-refractivity contribution in [3.05, 3.63) is 40.4 Å². The van der Waals surface area contributed by atoms with Crippen LogP contribution in [0.15, 0.2) is 29.8 Å². The van der Waals surface area contributed by atoms with Gasteiger partial charge in [0.2, 0.25) is 5.91 Å². The first-order chi connectivity index (χ1) is 8.54. The van der Waals surface area contributed by atoms with Gasteiger partial charge in [-0.3, -0.25) is 4.79 Å². The highest BCUT2D eigenvalue weighted by atomic mass is 35.5. The van der Waals surface area contributed by atoms with Crippen molar-refractivity contribution < 1.29 is 9.90 Å². The van der Waals surface area contributed by atoms with Crippen LogP contribution >= 0.6 is 11.6 Å². The van der Waals surface area contributed by atoms with Gasteiger partial charge in [-0.15, -0.1) is 0 Å². The summed E-state index contributed by atoms with van der Waals surface area (Å²) in [7, 11) is 0. The molecule has 0 aliphatic heterocycles. The number of aliphatic hydroxyl groups is 1. The maximum absolute atomic E-state index is 11.8. The molecule has 0 aromatic heterocycles. The number of hydrogen-bond donors (Lipinski definition) is 2. The van der Waals surface area contributed by atoms with E-state index in [0.717, 1.165) is 5.56 Å². The topological polar surface area (TPSA) is 49.3 Å². The lowest BCUT2D eigenvalue weighted by atomic mass is 10.1. The van der Waals surface area contributed by atoms with Gasteiger partial charge in [-0.2, -0.15) is 0 Å². The molecule has 1 atom stereocenters. The average Bonchev–Trinajstić information content (AvgIpc) is 2.38. The predicted molar refractivity (Wildman–Crippen MR) is 74.4 cm³/mol. The lowest BCUT2D eigenvalue weighted by Crippen LogP contribution is -2.29. The molecule has 1 aromatic carbocycles. The van der Waals surface area contributed by atoms with Crippen molar-refractivity contribution in [3.8, 4) is 0 Å². The van der Waals surface area contributed by atoms with Crippen molar-refractivity contribution in [1.82, 2.24) is 5.32 Å². The predicted octanol–water partition coefficient (Wildman–Crippen LogP) is 2.49. The normalized spacial score (nSPS) is 13.2. The highest BCUT2D eigenvalue weighted by molar-refractivity contribution is 6.32. The number of carbonyl (C=O) groups excluding carboxylic acids is 1. The first-order valence-electron chi connectivity index (χ1n) is 5.86.